The van der Waals surface area contributed by atoms with Crippen molar-refractivity contribution >= 4 is 37.8 Å². The highest BCUT2D eigenvalue weighted by molar-refractivity contribution is 9.11. The van der Waals surface area contributed by atoms with Gasteiger partial charge in [-0.05, 0) is 35.6 Å². The standard InChI is InChI=1S/C12H14Br2O2/c1-3-7(2)9-6-10(13)8(4-11(9)14)5-12(15)16/h4,6-7H,3,5H2,1-2H3,(H,15,16)/t7-/m1/s1. The predicted molar refractivity (Wildman–Crippen MR) is 71.9 cm³/mol. The molecule has 16 heavy (non-hydrogen) atoms. The molecule has 2 nitrogen and oxygen atoms in total. The predicted octanol–water partition coefficient (Wildman–Crippen LogP) is 4.35. The maximum Gasteiger partial charge on any atom is 0.307 e. The Balaban J connectivity index is 3.11. The van der Waals surface area contributed by atoms with Crippen molar-refractivity contribution in [1.82, 2.24) is 0 Å². The van der Waals surface area contributed by atoms with E-state index in [1.165, 1.54) is 5.56 Å². The van der Waals surface area contributed by atoms with E-state index in [4.69, 9.17) is 5.11 Å². The first-order chi connectivity index (χ1) is 7.45. The summed E-state index contributed by atoms with van der Waals surface area (Å²) < 4.78 is 1.86. The fourth-order valence-corrected chi connectivity index (χ4v) is 2.78. The van der Waals surface area contributed by atoms with E-state index in [1.807, 2.05) is 12.1 Å². The van der Waals surface area contributed by atoms with Crippen LogP contribution in [0.15, 0.2) is 21.1 Å². The molecule has 0 aliphatic carbocycles. The van der Waals surface area contributed by atoms with Crippen molar-refractivity contribution < 1.29 is 9.90 Å². The van der Waals surface area contributed by atoms with Crippen molar-refractivity contribution in [3.63, 3.8) is 0 Å². The molecule has 88 valence electrons. The lowest BCUT2D eigenvalue weighted by Crippen LogP contribution is -2.02. The summed E-state index contributed by atoms with van der Waals surface area (Å²) >= 11 is 6.92. The number of hydrogen-bond acceptors (Lipinski definition) is 1. The molecule has 0 aliphatic rings. The van der Waals surface area contributed by atoms with Gasteiger partial charge in [0, 0.05) is 8.95 Å². The Morgan fingerprint density at radius 1 is 1.38 bits per heavy atom. The van der Waals surface area contributed by atoms with Gasteiger partial charge in [-0.3, -0.25) is 4.79 Å². The molecule has 0 aliphatic heterocycles. The molecule has 0 aromatic heterocycles. The maximum absolute atomic E-state index is 10.7. The molecule has 1 N–H and O–H groups in total. The molecule has 0 radical (unpaired) electrons. The molecule has 0 amide bonds. The molecule has 0 unspecified atom stereocenters. The fourth-order valence-electron chi connectivity index (χ4n) is 1.50. The maximum atomic E-state index is 10.7. The van der Waals surface area contributed by atoms with Crippen molar-refractivity contribution in [3.8, 4) is 0 Å². The van der Waals surface area contributed by atoms with E-state index in [2.05, 4.69) is 45.7 Å². The monoisotopic (exact) mass is 348 g/mol. The van der Waals surface area contributed by atoms with Gasteiger partial charge < -0.3 is 5.11 Å². The Morgan fingerprint density at radius 2 is 2.00 bits per heavy atom. The summed E-state index contributed by atoms with van der Waals surface area (Å²) in [5, 5.41) is 8.77. The molecule has 0 saturated carbocycles. The van der Waals surface area contributed by atoms with E-state index < -0.39 is 5.97 Å². The van der Waals surface area contributed by atoms with Crippen LogP contribution in [0.5, 0.6) is 0 Å². The molecule has 1 aromatic carbocycles. The minimum Gasteiger partial charge on any atom is -0.481 e. The summed E-state index contributed by atoms with van der Waals surface area (Å²) in [6.07, 6.45) is 1.10. The Hall–Kier alpha value is -0.350. The topological polar surface area (TPSA) is 37.3 Å². The second-order valence-electron chi connectivity index (χ2n) is 3.84. The Morgan fingerprint density at radius 3 is 2.50 bits per heavy atom. The highest BCUT2D eigenvalue weighted by Gasteiger charge is 2.12. The highest BCUT2D eigenvalue weighted by atomic mass is 79.9. The summed E-state index contributed by atoms with van der Waals surface area (Å²) in [7, 11) is 0. The van der Waals surface area contributed by atoms with Crippen molar-refractivity contribution in [2.45, 2.75) is 32.6 Å². The fraction of sp³-hybridized carbons (Fsp3) is 0.417. The molecule has 0 saturated heterocycles. The van der Waals surface area contributed by atoms with Gasteiger partial charge >= 0.3 is 5.97 Å². The second kappa shape index (κ2) is 5.82. The van der Waals surface area contributed by atoms with Gasteiger partial charge in [-0.25, -0.2) is 0 Å². The zero-order valence-corrected chi connectivity index (χ0v) is 12.4. The molecule has 1 rings (SSSR count). The van der Waals surface area contributed by atoms with Crippen LogP contribution in [0.4, 0.5) is 0 Å². The van der Waals surface area contributed by atoms with Gasteiger partial charge in [0.15, 0.2) is 0 Å². The molecule has 4 heteroatoms. The van der Waals surface area contributed by atoms with Gasteiger partial charge in [-0.2, -0.15) is 0 Å². The summed E-state index contributed by atoms with van der Waals surface area (Å²) in [5.74, 6) is -0.353. The van der Waals surface area contributed by atoms with Crippen molar-refractivity contribution in [2.75, 3.05) is 0 Å². The third-order valence-electron chi connectivity index (χ3n) is 2.65. The van der Waals surface area contributed by atoms with E-state index in [1.54, 1.807) is 0 Å². The zero-order chi connectivity index (χ0) is 12.3. The molecule has 0 fully saturated rings. The minimum atomic E-state index is -0.816. The van der Waals surface area contributed by atoms with E-state index >= 15 is 0 Å². The number of carboxylic acids is 1. The van der Waals surface area contributed by atoms with Crippen LogP contribution in [0, 0.1) is 0 Å². The summed E-state index contributed by atoms with van der Waals surface area (Å²) in [6, 6.07) is 3.90. The summed E-state index contributed by atoms with van der Waals surface area (Å²) in [5.41, 5.74) is 2.01. The van der Waals surface area contributed by atoms with Crippen LogP contribution in [0.1, 0.15) is 37.3 Å². The lowest BCUT2D eigenvalue weighted by molar-refractivity contribution is -0.136. The number of carbonyl (C=O) groups is 1. The van der Waals surface area contributed by atoms with Crippen LogP contribution < -0.4 is 0 Å². The quantitative estimate of drug-likeness (QED) is 0.877. The number of aliphatic carboxylic acids is 1. The number of carboxylic acid groups (broad SMARTS) is 1. The van der Waals surface area contributed by atoms with Gasteiger partial charge in [-0.1, -0.05) is 45.7 Å². The van der Waals surface area contributed by atoms with E-state index in [0.29, 0.717) is 5.92 Å². The number of rotatable bonds is 4. The normalized spacial score (nSPS) is 12.5. The van der Waals surface area contributed by atoms with Crippen molar-refractivity contribution in [1.29, 1.82) is 0 Å². The third kappa shape index (κ3) is 3.32. The van der Waals surface area contributed by atoms with Gasteiger partial charge in [0.1, 0.15) is 0 Å². The second-order valence-corrected chi connectivity index (χ2v) is 5.55. The molecule has 0 heterocycles. The van der Waals surface area contributed by atoms with Crippen molar-refractivity contribution in [3.05, 3.63) is 32.2 Å². The van der Waals surface area contributed by atoms with Crippen LogP contribution in [-0.2, 0) is 11.2 Å². The summed E-state index contributed by atoms with van der Waals surface area (Å²) in [6.45, 7) is 4.29. The van der Waals surface area contributed by atoms with Crippen LogP contribution in [-0.4, -0.2) is 11.1 Å². The molecule has 0 spiro atoms. The van der Waals surface area contributed by atoms with Gasteiger partial charge in [0.05, 0.1) is 6.42 Å². The third-order valence-corrected chi connectivity index (χ3v) is 4.08. The van der Waals surface area contributed by atoms with Gasteiger partial charge in [0.25, 0.3) is 0 Å². The average Bonchev–Trinajstić information content (AvgIpc) is 2.21. The zero-order valence-electron chi connectivity index (χ0n) is 9.26. The summed E-state index contributed by atoms with van der Waals surface area (Å²) in [4.78, 5) is 10.7. The lowest BCUT2D eigenvalue weighted by Gasteiger charge is -2.14. The lowest BCUT2D eigenvalue weighted by atomic mass is 9.97. The number of halogens is 2. The molecule has 1 atom stereocenters. The Bertz CT molecular complexity index is 402. The van der Waals surface area contributed by atoms with Crippen LogP contribution in [0.25, 0.3) is 0 Å². The SMILES string of the molecule is CC[C@@H](C)c1cc(Br)c(CC(=O)O)cc1Br. The van der Waals surface area contributed by atoms with Crippen molar-refractivity contribution in [2.24, 2.45) is 0 Å². The van der Waals surface area contributed by atoms with Gasteiger partial charge in [-0.15, -0.1) is 0 Å². The number of hydrogen-bond donors (Lipinski definition) is 1. The molecular formula is C12H14Br2O2. The number of benzene rings is 1. The van der Waals surface area contributed by atoms with Crippen LogP contribution >= 0.6 is 31.9 Å². The first-order valence-electron chi connectivity index (χ1n) is 5.15. The van der Waals surface area contributed by atoms with Crippen LogP contribution in [0.2, 0.25) is 0 Å². The molecule has 0 bridgehead atoms. The largest absolute Gasteiger partial charge is 0.481 e. The highest BCUT2D eigenvalue weighted by Crippen LogP contribution is 2.32. The molecule has 1 aromatic rings. The first kappa shape index (κ1) is 13.7. The smallest absolute Gasteiger partial charge is 0.307 e. The van der Waals surface area contributed by atoms with Gasteiger partial charge in [0.2, 0.25) is 0 Å². The van der Waals surface area contributed by atoms with E-state index in [0.717, 1.165) is 20.9 Å². The average molecular weight is 350 g/mol. The molecular weight excluding hydrogens is 336 g/mol. The minimum absolute atomic E-state index is 0.0416. The Kier molecular flexibility index (Phi) is 4.99. The van der Waals surface area contributed by atoms with E-state index in [9.17, 15) is 4.79 Å². The first-order valence-corrected chi connectivity index (χ1v) is 6.73. The van der Waals surface area contributed by atoms with E-state index in [-0.39, 0.29) is 6.42 Å². The van der Waals surface area contributed by atoms with Crippen LogP contribution in [0.3, 0.4) is 0 Å². The Labute approximate surface area is 112 Å².